The normalized spacial score (nSPS) is 41.8. The minimum atomic E-state index is -2.36. The molecule has 2 fully saturated rings. The van der Waals surface area contributed by atoms with Gasteiger partial charge in [-0.25, -0.2) is 8.78 Å². The lowest BCUT2D eigenvalue weighted by molar-refractivity contribution is 0.0663. The van der Waals surface area contributed by atoms with Gasteiger partial charge in [0.2, 0.25) is 0 Å². The first kappa shape index (κ1) is 6.87. The highest BCUT2D eigenvalue weighted by atomic mass is 19.3. The van der Waals surface area contributed by atoms with Gasteiger partial charge in [-0.2, -0.15) is 0 Å². The smallest absolute Gasteiger partial charge is 0.256 e. The molecule has 0 N–H and O–H groups in total. The maximum Gasteiger partial charge on any atom is 0.256 e. The Morgan fingerprint density at radius 2 is 2.17 bits per heavy atom. The molecule has 0 aromatic rings. The third-order valence-electron chi connectivity index (χ3n) is 3.41. The molecule has 1 atom stereocenters. The molecule has 0 aromatic carbocycles. The highest BCUT2D eigenvalue weighted by Crippen LogP contribution is 2.67. The molecular weight excluding hydrogens is 160 g/mol. The van der Waals surface area contributed by atoms with Crippen LogP contribution < -0.4 is 0 Å². The van der Waals surface area contributed by atoms with Crippen molar-refractivity contribution in [3.05, 3.63) is 11.8 Å². The third kappa shape index (κ3) is 0.632. The van der Waals surface area contributed by atoms with E-state index >= 15 is 0 Å². The molecular formula is C9H11F2N. The Morgan fingerprint density at radius 1 is 1.42 bits per heavy atom. The molecule has 3 rings (SSSR count). The molecule has 2 aliphatic heterocycles. The van der Waals surface area contributed by atoms with Crippen molar-refractivity contribution in [3.8, 4) is 0 Å². The molecule has 1 saturated heterocycles. The largest absolute Gasteiger partial charge is 0.374 e. The second-order valence-electron chi connectivity index (χ2n) is 4.24. The summed E-state index contributed by atoms with van der Waals surface area (Å²) >= 11 is 0. The van der Waals surface area contributed by atoms with E-state index in [1.165, 1.54) is 5.70 Å². The predicted octanol–water partition coefficient (Wildman–Crippen LogP) is 2.01. The molecule has 3 heteroatoms. The molecule has 0 radical (unpaired) electrons. The lowest BCUT2D eigenvalue weighted by Crippen LogP contribution is -2.20. The van der Waals surface area contributed by atoms with E-state index in [0.29, 0.717) is 13.0 Å². The van der Waals surface area contributed by atoms with Crippen LogP contribution in [0.25, 0.3) is 0 Å². The van der Waals surface area contributed by atoms with E-state index in [4.69, 9.17) is 0 Å². The number of hydrogen-bond acceptors (Lipinski definition) is 1. The molecule has 66 valence electrons. The summed E-state index contributed by atoms with van der Waals surface area (Å²) in [5.74, 6) is -2.36. The predicted molar refractivity (Wildman–Crippen MR) is 40.9 cm³/mol. The fourth-order valence-electron chi connectivity index (χ4n) is 2.54. The highest BCUT2D eigenvalue weighted by molar-refractivity contribution is 5.27. The molecule has 12 heavy (non-hydrogen) atoms. The lowest BCUT2D eigenvalue weighted by Gasteiger charge is -2.13. The van der Waals surface area contributed by atoms with Gasteiger partial charge in [-0.05, 0) is 6.42 Å². The second-order valence-corrected chi connectivity index (χ2v) is 4.24. The van der Waals surface area contributed by atoms with Gasteiger partial charge in [0.05, 0.1) is 5.41 Å². The molecule has 3 aliphatic rings. The van der Waals surface area contributed by atoms with Crippen LogP contribution in [0.3, 0.4) is 0 Å². The summed E-state index contributed by atoms with van der Waals surface area (Å²) in [4.78, 5) is 2.13. The van der Waals surface area contributed by atoms with Crippen molar-refractivity contribution in [2.75, 3.05) is 13.1 Å². The van der Waals surface area contributed by atoms with Crippen LogP contribution in [0.15, 0.2) is 11.8 Å². The van der Waals surface area contributed by atoms with Crippen LogP contribution in [0.4, 0.5) is 8.78 Å². The van der Waals surface area contributed by atoms with E-state index < -0.39 is 11.3 Å². The minimum absolute atomic E-state index is 0.119. The zero-order chi connectivity index (χ0) is 8.40. The molecule has 2 heterocycles. The first-order chi connectivity index (χ1) is 5.63. The van der Waals surface area contributed by atoms with Crippen molar-refractivity contribution >= 4 is 0 Å². The zero-order valence-electron chi connectivity index (χ0n) is 6.82. The van der Waals surface area contributed by atoms with Crippen LogP contribution in [-0.4, -0.2) is 23.9 Å². The van der Waals surface area contributed by atoms with E-state index in [1.54, 1.807) is 0 Å². The van der Waals surface area contributed by atoms with Gasteiger partial charge >= 0.3 is 0 Å². The molecule has 0 aromatic heterocycles. The summed E-state index contributed by atoms with van der Waals surface area (Å²) in [6, 6.07) is 0. The second kappa shape index (κ2) is 1.68. The van der Waals surface area contributed by atoms with Crippen molar-refractivity contribution in [1.82, 2.24) is 4.90 Å². The average molecular weight is 171 g/mol. The van der Waals surface area contributed by atoms with Gasteiger partial charge in [-0.3, -0.25) is 0 Å². The van der Waals surface area contributed by atoms with Gasteiger partial charge in [0.1, 0.15) is 0 Å². The van der Waals surface area contributed by atoms with Gasteiger partial charge < -0.3 is 4.90 Å². The summed E-state index contributed by atoms with van der Waals surface area (Å²) in [6.07, 6.45) is 3.91. The number of hydrogen-bond donors (Lipinski definition) is 0. The summed E-state index contributed by atoms with van der Waals surface area (Å²) in [5.41, 5.74) is 0.534. The van der Waals surface area contributed by atoms with Crippen molar-refractivity contribution in [3.63, 3.8) is 0 Å². The van der Waals surface area contributed by atoms with Gasteiger partial charge in [-0.15, -0.1) is 0 Å². The number of alkyl halides is 2. The fraction of sp³-hybridized carbons (Fsp3) is 0.778. The van der Waals surface area contributed by atoms with E-state index in [2.05, 4.69) is 11.0 Å². The number of fused-ring (bicyclic) bond motifs is 1. The van der Waals surface area contributed by atoms with Crippen LogP contribution in [0, 0.1) is 5.41 Å². The van der Waals surface area contributed by atoms with E-state index in [-0.39, 0.29) is 6.42 Å². The van der Waals surface area contributed by atoms with Crippen molar-refractivity contribution in [2.45, 2.75) is 25.2 Å². The first-order valence-corrected chi connectivity index (χ1v) is 4.45. The molecule has 1 saturated carbocycles. The Hall–Kier alpha value is -0.600. The lowest BCUT2D eigenvalue weighted by atomic mass is 10.0. The molecule has 1 unspecified atom stereocenters. The van der Waals surface area contributed by atoms with Crippen LogP contribution in [0.2, 0.25) is 0 Å². The summed E-state index contributed by atoms with van der Waals surface area (Å²) in [7, 11) is 0. The summed E-state index contributed by atoms with van der Waals surface area (Å²) in [5, 5.41) is 0. The Kier molecular flexibility index (Phi) is 0.960. The van der Waals surface area contributed by atoms with Gasteiger partial charge in [0.15, 0.2) is 0 Å². The molecule has 0 bridgehead atoms. The molecule has 1 nitrogen and oxygen atoms in total. The quantitative estimate of drug-likeness (QED) is 0.539. The Labute approximate surface area is 70.0 Å². The van der Waals surface area contributed by atoms with E-state index in [9.17, 15) is 8.78 Å². The Balaban J connectivity index is 1.89. The van der Waals surface area contributed by atoms with Crippen molar-refractivity contribution in [1.29, 1.82) is 0 Å². The van der Waals surface area contributed by atoms with E-state index in [1.807, 2.05) is 0 Å². The van der Waals surface area contributed by atoms with Crippen LogP contribution in [0.1, 0.15) is 19.3 Å². The summed E-state index contributed by atoms with van der Waals surface area (Å²) < 4.78 is 25.9. The van der Waals surface area contributed by atoms with Crippen molar-refractivity contribution < 1.29 is 8.78 Å². The third-order valence-corrected chi connectivity index (χ3v) is 3.41. The van der Waals surface area contributed by atoms with Gasteiger partial charge in [0.25, 0.3) is 5.92 Å². The standard InChI is InChI=1S/C9H11F2N/c10-9(11)5-8(9)4-7-2-1-3-12(7)6-8/h2H,1,3-6H2. The SMILES string of the molecule is FC1(F)CC12CC1=CCCN1C2. The maximum absolute atomic E-state index is 12.9. The van der Waals surface area contributed by atoms with Gasteiger partial charge in [-0.1, -0.05) is 6.08 Å². The molecule has 0 amide bonds. The highest BCUT2D eigenvalue weighted by Gasteiger charge is 2.73. The van der Waals surface area contributed by atoms with Crippen LogP contribution in [-0.2, 0) is 0 Å². The zero-order valence-corrected chi connectivity index (χ0v) is 6.82. The fourth-order valence-corrected chi connectivity index (χ4v) is 2.54. The van der Waals surface area contributed by atoms with Crippen molar-refractivity contribution in [2.24, 2.45) is 5.41 Å². The van der Waals surface area contributed by atoms with Crippen LogP contribution in [0.5, 0.6) is 0 Å². The van der Waals surface area contributed by atoms with E-state index in [0.717, 1.165) is 13.0 Å². The van der Waals surface area contributed by atoms with Crippen LogP contribution >= 0.6 is 0 Å². The Morgan fingerprint density at radius 3 is 2.75 bits per heavy atom. The number of halogens is 2. The average Bonchev–Trinajstić information content (AvgIpc) is 2.26. The maximum atomic E-state index is 12.9. The summed E-state index contributed by atoms with van der Waals surface area (Å²) in [6.45, 7) is 1.57. The molecule has 1 spiro atoms. The monoisotopic (exact) mass is 171 g/mol. The van der Waals surface area contributed by atoms with Gasteiger partial charge in [0, 0.05) is 31.6 Å². The number of rotatable bonds is 0. The topological polar surface area (TPSA) is 3.24 Å². The number of nitrogens with zero attached hydrogens (tertiary/aromatic N) is 1. The number of allylic oxidation sites excluding steroid dienone is 1. The minimum Gasteiger partial charge on any atom is -0.374 e. The molecule has 1 aliphatic carbocycles. The Bertz CT molecular complexity index is 272. The first-order valence-electron chi connectivity index (χ1n) is 4.45.